The molecular weight excluding hydrogens is 447 g/mol. The van der Waals surface area contributed by atoms with E-state index in [1.807, 2.05) is 18.2 Å². The molecule has 2 aromatic rings. The number of halogens is 1. The Labute approximate surface area is 206 Å². The van der Waals surface area contributed by atoms with Gasteiger partial charge < -0.3 is 24.6 Å². The summed E-state index contributed by atoms with van der Waals surface area (Å²) in [6.45, 7) is 7.49. The van der Waals surface area contributed by atoms with Crippen molar-refractivity contribution in [2.75, 3.05) is 75.9 Å². The summed E-state index contributed by atoms with van der Waals surface area (Å²) in [6.07, 6.45) is 1.63. The lowest BCUT2D eigenvalue weighted by molar-refractivity contribution is -0.125. The largest absolute Gasteiger partial charge is 0.497 e. The Bertz CT molecular complexity index is 1010. The van der Waals surface area contributed by atoms with E-state index in [-0.39, 0.29) is 23.7 Å². The van der Waals surface area contributed by atoms with Gasteiger partial charge in [-0.05, 0) is 55.3 Å². The number of benzene rings is 2. The van der Waals surface area contributed by atoms with Crippen LogP contribution in [0, 0.1) is 11.7 Å². The summed E-state index contributed by atoms with van der Waals surface area (Å²) >= 11 is 0. The summed E-state index contributed by atoms with van der Waals surface area (Å²) in [4.78, 5) is 20.5. The molecule has 0 aromatic heterocycles. The third-order valence-electron chi connectivity index (χ3n) is 7.51. The number of nitrogens with zero attached hydrogens (tertiary/aromatic N) is 3. The number of ether oxygens (including phenoxy) is 2. The van der Waals surface area contributed by atoms with Crippen molar-refractivity contribution in [1.29, 1.82) is 0 Å². The van der Waals surface area contributed by atoms with Crippen LogP contribution in [0.25, 0.3) is 0 Å². The second-order valence-corrected chi connectivity index (χ2v) is 9.59. The minimum absolute atomic E-state index is 0.0349. The zero-order valence-corrected chi connectivity index (χ0v) is 20.4. The van der Waals surface area contributed by atoms with Gasteiger partial charge in [0.05, 0.1) is 32.3 Å². The molecule has 3 heterocycles. The fourth-order valence-corrected chi connectivity index (χ4v) is 5.56. The highest BCUT2D eigenvalue weighted by molar-refractivity contribution is 5.82. The molecule has 3 aliphatic rings. The average molecular weight is 483 g/mol. The quantitative estimate of drug-likeness (QED) is 0.613. The van der Waals surface area contributed by atoms with Crippen LogP contribution < -0.4 is 19.9 Å². The van der Waals surface area contributed by atoms with Crippen molar-refractivity contribution in [3.63, 3.8) is 0 Å². The zero-order valence-electron chi connectivity index (χ0n) is 20.4. The molecule has 3 aliphatic heterocycles. The number of piperazine rings is 1. The number of hydrogen-bond acceptors (Lipinski definition) is 6. The van der Waals surface area contributed by atoms with E-state index < -0.39 is 0 Å². The smallest absolute Gasteiger partial charge is 0.225 e. The van der Waals surface area contributed by atoms with Crippen LogP contribution in [0.1, 0.15) is 12.0 Å². The van der Waals surface area contributed by atoms with E-state index in [2.05, 4.69) is 32.1 Å². The lowest BCUT2D eigenvalue weighted by Gasteiger charge is -2.49. The monoisotopic (exact) mass is 482 g/mol. The Kier molecular flexibility index (Phi) is 7.39. The van der Waals surface area contributed by atoms with Crippen molar-refractivity contribution in [3.05, 3.63) is 53.8 Å². The summed E-state index contributed by atoms with van der Waals surface area (Å²) in [5, 5.41) is 3.22. The highest BCUT2D eigenvalue weighted by Crippen LogP contribution is 2.39. The van der Waals surface area contributed by atoms with Gasteiger partial charge in [-0.25, -0.2) is 4.39 Å². The van der Waals surface area contributed by atoms with E-state index in [4.69, 9.17) is 9.47 Å². The lowest BCUT2D eigenvalue weighted by Crippen LogP contribution is -2.61. The standard InChI is InChI=1S/C27H35FN4O3/c1-34-23-8-3-20-17-24(27(33)29-9-2-10-30-13-15-35-16-14-30)26-19-31(11-12-32(26)25(20)18-23)22-6-4-21(28)5-7-22/h3-8,18,24,26H,2,9-17,19H2,1H3,(H,29,33). The predicted octanol–water partition coefficient (Wildman–Crippen LogP) is 2.54. The first kappa shape index (κ1) is 23.9. The molecule has 0 bridgehead atoms. The van der Waals surface area contributed by atoms with Gasteiger partial charge in [0.25, 0.3) is 0 Å². The molecule has 188 valence electrons. The molecule has 2 atom stereocenters. The Hall–Kier alpha value is -2.84. The molecule has 1 amide bonds. The second-order valence-electron chi connectivity index (χ2n) is 9.59. The van der Waals surface area contributed by atoms with Crippen molar-refractivity contribution < 1.29 is 18.7 Å². The first-order valence-electron chi connectivity index (χ1n) is 12.6. The zero-order chi connectivity index (χ0) is 24.2. The number of rotatable bonds is 7. The van der Waals surface area contributed by atoms with Crippen LogP contribution in [0.4, 0.5) is 15.8 Å². The van der Waals surface area contributed by atoms with Crippen LogP contribution in [-0.2, 0) is 16.0 Å². The normalized spacial score (nSPS) is 22.3. The molecule has 8 heteroatoms. The van der Waals surface area contributed by atoms with Crippen LogP contribution in [0.2, 0.25) is 0 Å². The number of carbonyl (C=O) groups excluding carboxylic acids is 1. The summed E-state index contributed by atoms with van der Waals surface area (Å²) in [5.74, 6) is 0.557. The number of morpholine rings is 1. The van der Waals surface area contributed by atoms with Gasteiger partial charge in [0, 0.05) is 56.7 Å². The van der Waals surface area contributed by atoms with E-state index in [9.17, 15) is 9.18 Å². The SMILES string of the molecule is COc1ccc2c(c1)N1CCN(c3ccc(F)cc3)CC1C(C(=O)NCCCN1CCOCC1)C2. The highest BCUT2D eigenvalue weighted by Gasteiger charge is 2.41. The summed E-state index contributed by atoms with van der Waals surface area (Å²) in [7, 11) is 1.68. The number of nitrogens with one attached hydrogen (secondary N) is 1. The van der Waals surface area contributed by atoms with Gasteiger partial charge in [-0.2, -0.15) is 0 Å². The van der Waals surface area contributed by atoms with E-state index >= 15 is 0 Å². The van der Waals surface area contributed by atoms with E-state index in [1.54, 1.807) is 7.11 Å². The maximum Gasteiger partial charge on any atom is 0.225 e. The van der Waals surface area contributed by atoms with Crippen LogP contribution in [-0.4, -0.2) is 83.0 Å². The molecular formula is C27H35FN4O3. The van der Waals surface area contributed by atoms with Crippen LogP contribution >= 0.6 is 0 Å². The van der Waals surface area contributed by atoms with Crippen molar-refractivity contribution in [2.24, 2.45) is 5.92 Å². The predicted molar refractivity (Wildman–Crippen MR) is 135 cm³/mol. The molecule has 0 saturated carbocycles. The maximum atomic E-state index is 13.5. The first-order valence-corrected chi connectivity index (χ1v) is 12.6. The van der Waals surface area contributed by atoms with Gasteiger partial charge in [0.15, 0.2) is 0 Å². The van der Waals surface area contributed by atoms with Crippen molar-refractivity contribution in [2.45, 2.75) is 18.9 Å². The van der Waals surface area contributed by atoms with Gasteiger partial charge >= 0.3 is 0 Å². The van der Waals surface area contributed by atoms with Crippen LogP contribution in [0.15, 0.2) is 42.5 Å². The van der Waals surface area contributed by atoms with Crippen molar-refractivity contribution >= 4 is 17.3 Å². The Morgan fingerprint density at radius 2 is 1.91 bits per heavy atom. The molecule has 0 aliphatic carbocycles. The minimum atomic E-state index is -0.236. The number of amides is 1. The van der Waals surface area contributed by atoms with Gasteiger partial charge in [0.1, 0.15) is 11.6 Å². The number of fused-ring (bicyclic) bond motifs is 3. The molecule has 2 unspecified atom stereocenters. The molecule has 1 N–H and O–H groups in total. The fourth-order valence-electron chi connectivity index (χ4n) is 5.56. The number of anilines is 2. The van der Waals surface area contributed by atoms with Gasteiger partial charge in [-0.15, -0.1) is 0 Å². The van der Waals surface area contributed by atoms with Gasteiger partial charge in [0.2, 0.25) is 5.91 Å². The third kappa shape index (κ3) is 5.38. The van der Waals surface area contributed by atoms with Crippen LogP contribution in [0.3, 0.4) is 0 Å². The molecule has 2 aromatic carbocycles. The van der Waals surface area contributed by atoms with Crippen LogP contribution in [0.5, 0.6) is 5.75 Å². The number of methoxy groups -OCH3 is 1. The Morgan fingerprint density at radius 3 is 2.69 bits per heavy atom. The molecule has 5 rings (SSSR count). The topological polar surface area (TPSA) is 57.3 Å². The molecule has 35 heavy (non-hydrogen) atoms. The lowest BCUT2D eigenvalue weighted by atomic mass is 9.83. The number of hydrogen-bond donors (Lipinski definition) is 1. The van der Waals surface area contributed by atoms with E-state index in [1.165, 1.54) is 17.7 Å². The fraction of sp³-hybridized carbons (Fsp3) is 0.519. The van der Waals surface area contributed by atoms with E-state index in [0.717, 1.165) is 69.5 Å². The second kappa shape index (κ2) is 10.8. The van der Waals surface area contributed by atoms with Gasteiger partial charge in [-0.1, -0.05) is 6.07 Å². The average Bonchev–Trinajstić information content (AvgIpc) is 2.91. The Morgan fingerprint density at radius 1 is 1.11 bits per heavy atom. The summed E-state index contributed by atoms with van der Waals surface area (Å²) in [5.41, 5.74) is 3.34. The third-order valence-corrected chi connectivity index (χ3v) is 7.51. The molecule has 2 saturated heterocycles. The summed E-state index contributed by atoms with van der Waals surface area (Å²) in [6, 6.07) is 12.8. The van der Waals surface area contributed by atoms with E-state index in [0.29, 0.717) is 19.5 Å². The molecule has 0 radical (unpaired) electrons. The summed E-state index contributed by atoms with van der Waals surface area (Å²) < 4.78 is 24.4. The van der Waals surface area contributed by atoms with Gasteiger partial charge in [-0.3, -0.25) is 9.69 Å². The van der Waals surface area contributed by atoms with Crippen molar-refractivity contribution in [3.8, 4) is 5.75 Å². The number of carbonyl (C=O) groups is 1. The molecule has 7 nitrogen and oxygen atoms in total. The highest BCUT2D eigenvalue weighted by atomic mass is 19.1. The first-order chi connectivity index (χ1) is 17.1. The van der Waals surface area contributed by atoms with Crippen molar-refractivity contribution in [1.82, 2.24) is 10.2 Å². The maximum absolute atomic E-state index is 13.5. The molecule has 2 fully saturated rings. The Balaban J connectivity index is 1.30. The minimum Gasteiger partial charge on any atom is -0.497 e. The molecule has 0 spiro atoms.